The lowest BCUT2D eigenvalue weighted by Gasteiger charge is -2.24. The van der Waals surface area contributed by atoms with E-state index >= 15 is 0 Å². The molecule has 0 amide bonds. The second-order valence-corrected chi connectivity index (χ2v) is 8.61. The van der Waals surface area contributed by atoms with Gasteiger partial charge in [0.15, 0.2) is 4.80 Å². The number of aromatic carboxylic acids is 1. The number of methoxy groups -OCH3 is 1. The second kappa shape index (κ2) is 9.98. The molecule has 2 aromatic carbocycles. The Labute approximate surface area is 204 Å². The molecule has 0 radical (unpaired) electrons. The van der Waals surface area contributed by atoms with Crippen molar-refractivity contribution in [1.29, 1.82) is 0 Å². The highest BCUT2D eigenvalue weighted by Crippen LogP contribution is 2.31. The number of carboxylic acid groups (broad SMARTS) is 1. The molecule has 0 saturated carbocycles. The Morgan fingerprint density at radius 2 is 1.86 bits per heavy atom. The first-order valence-corrected chi connectivity index (χ1v) is 11.6. The van der Waals surface area contributed by atoms with Gasteiger partial charge in [-0.2, -0.15) is 0 Å². The van der Waals surface area contributed by atoms with Gasteiger partial charge in [-0.15, -0.1) is 0 Å². The monoisotopic (exact) mass is 493 g/mol. The lowest BCUT2D eigenvalue weighted by atomic mass is 9.96. The van der Waals surface area contributed by atoms with E-state index in [1.807, 2.05) is 0 Å². The number of rotatable bonds is 7. The molecule has 1 aromatic heterocycles. The molecule has 0 spiro atoms. The molecule has 0 unspecified atom stereocenters. The molecular formula is C25H23N3O6S. The van der Waals surface area contributed by atoms with Crippen molar-refractivity contribution < 1.29 is 24.2 Å². The van der Waals surface area contributed by atoms with Crippen molar-refractivity contribution >= 4 is 35.2 Å². The van der Waals surface area contributed by atoms with Crippen molar-refractivity contribution in [2.45, 2.75) is 19.9 Å². The maximum Gasteiger partial charge on any atom is 0.338 e. The number of aromatic nitrogens is 1. The Balaban J connectivity index is 1.80. The summed E-state index contributed by atoms with van der Waals surface area (Å²) in [6.45, 7) is 3.64. The van der Waals surface area contributed by atoms with E-state index in [9.17, 15) is 14.4 Å². The van der Waals surface area contributed by atoms with Gasteiger partial charge in [0.05, 0.1) is 36.6 Å². The third-order valence-electron chi connectivity index (χ3n) is 5.45. The summed E-state index contributed by atoms with van der Waals surface area (Å²) in [5, 5.41) is 12.1. The van der Waals surface area contributed by atoms with Gasteiger partial charge in [0, 0.05) is 11.9 Å². The van der Waals surface area contributed by atoms with E-state index in [1.165, 1.54) is 28.0 Å². The van der Waals surface area contributed by atoms with Crippen molar-refractivity contribution in [3.8, 4) is 5.75 Å². The van der Waals surface area contributed by atoms with Gasteiger partial charge in [-0.1, -0.05) is 23.5 Å². The lowest BCUT2D eigenvalue weighted by Crippen LogP contribution is -2.40. The van der Waals surface area contributed by atoms with Crippen LogP contribution in [-0.2, 0) is 9.53 Å². The highest BCUT2D eigenvalue weighted by Gasteiger charge is 2.33. The molecule has 10 heteroatoms. The van der Waals surface area contributed by atoms with Crippen LogP contribution in [0.3, 0.4) is 0 Å². The van der Waals surface area contributed by atoms with Crippen LogP contribution in [0.5, 0.6) is 5.75 Å². The van der Waals surface area contributed by atoms with Crippen LogP contribution in [-0.4, -0.2) is 35.3 Å². The molecule has 1 aliphatic rings. The van der Waals surface area contributed by atoms with E-state index in [2.05, 4.69) is 10.3 Å². The zero-order valence-corrected chi connectivity index (χ0v) is 20.1. The Bertz CT molecular complexity index is 1480. The van der Waals surface area contributed by atoms with Crippen LogP contribution in [0.15, 0.2) is 69.6 Å². The van der Waals surface area contributed by atoms with E-state index in [1.54, 1.807) is 63.6 Å². The molecule has 2 heterocycles. The fraction of sp³-hybridized carbons (Fsp3) is 0.200. The van der Waals surface area contributed by atoms with Crippen LogP contribution in [0.2, 0.25) is 0 Å². The zero-order valence-electron chi connectivity index (χ0n) is 19.3. The van der Waals surface area contributed by atoms with Gasteiger partial charge >= 0.3 is 11.9 Å². The Kier molecular flexibility index (Phi) is 6.83. The molecule has 4 rings (SSSR count). The van der Waals surface area contributed by atoms with E-state index in [0.717, 1.165) is 0 Å². The number of nitrogens with one attached hydrogen (secondary N) is 1. The molecule has 9 nitrogen and oxygen atoms in total. The van der Waals surface area contributed by atoms with Crippen molar-refractivity contribution in [2.75, 3.05) is 19.0 Å². The molecule has 0 saturated heterocycles. The smallest absolute Gasteiger partial charge is 0.338 e. The van der Waals surface area contributed by atoms with Crippen molar-refractivity contribution in [2.24, 2.45) is 4.99 Å². The van der Waals surface area contributed by atoms with Gasteiger partial charge < -0.3 is 19.9 Å². The largest absolute Gasteiger partial charge is 0.497 e. The van der Waals surface area contributed by atoms with Crippen LogP contribution < -0.4 is 24.9 Å². The van der Waals surface area contributed by atoms with Gasteiger partial charge in [0.1, 0.15) is 10.3 Å². The summed E-state index contributed by atoms with van der Waals surface area (Å²) in [7, 11) is 1.56. The quantitative estimate of drug-likeness (QED) is 0.486. The first kappa shape index (κ1) is 24.0. The SMILES string of the molecule is CCOC(=O)C1=C(C)N=c2s/c(=C\Nc3ccc(C(=O)O)cc3)c(=O)n2[C@H]1c1ccc(OC)cc1. The maximum atomic E-state index is 13.5. The minimum atomic E-state index is -1.02. The van der Waals surface area contributed by atoms with Crippen LogP contribution in [0, 0.1) is 0 Å². The summed E-state index contributed by atoms with van der Waals surface area (Å²) in [4.78, 5) is 42.4. The average Bonchev–Trinajstić information content (AvgIpc) is 3.16. The predicted octanol–water partition coefficient (Wildman–Crippen LogP) is 2.53. The number of carbonyl (C=O) groups excluding carboxylic acids is 1. The first-order chi connectivity index (χ1) is 16.8. The van der Waals surface area contributed by atoms with Gasteiger partial charge in [-0.25, -0.2) is 14.6 Å². The number of anilines is 1. The average molecular weight is 494 g/mol. The topological polar surface area (TPSA) is 119 Å². The predicted molar refractivity (Wildman–Crippen MR) is 131 cm³/mol. The van der Waals surface area contributed by atoms with E-state index in [4.69, 9.17) is 14.6 Å². The number of thiazole rings is 1. The molecule has 35 heavy (non-hydrogen) atoms. The summed E-state index contributed by atoms with van der Waals surface area (Å²) in [5.74, 6) is -0.894. The van der Waals surface area contributed by atoms with Crippen molar-refractivity contribution in [3.05, 3.63) is 90.6 Å². The van der Waals surface area contributed by atoms with Crippen LogP contribution in [0.25, 0.3) is 6.20 Å². The number of hydrogen-bond donors (Lipinski definition) is 2. The highest BCUT2D eigenvalue weighted by atomic mass is 32.1. The summed E-state index contributed by atoms with van der Waals surface area (Å²) in [6.07, 6.45) is 1.55. The molecule has 2 N–H and O–H groups in total. The molecule has 3 aromatic rings. The van der Waals surface area contributed by atoms with Gasteiger partial charge in [0.2, 0.25) is 0 Å². The van der Waals surface area contributed by atoms with Gasteiger partial charge in [-0.3, -0.25) is 9.36 Å². The van der Waals surface area contributed by atoms with E-state index < -0.39 is 18.0 Å². The van der Waals surface area contributed by atoms with Crippen molar-refractivity contribution in [1.82, 2.24) is 4.57 Å². The number of carbonyl (C=O) groups is 2. The Morgan fingerprint density at radius 1 is 1.17 bits per heavy atom. The fourth-order valence-electron chi connectivity index (χ4n) is 3.75. The summed E-state index contributed by atoms with van der Waals surface area (Å²) < 4.78 is 12.4. The number of esters is 1. The fourth-order valence-corrected chi connectivity index (χ4v) is 4.72. The highest BCUT2D eigenvalue weighted by molar-refractivity contribution is 7.07. The normalized spacial score (nSPS) is 15.3. The number of carboxylic acids is 1. The summed E-state index contributed by atoms with van der Waals surface area (Å²) in [5.41, 5.74) is 1.96. The zero-order chi connectivity index (χ0) is 25.1. The summed E-state index contributed by atoms with van der Waals surface area (Å²) in [6, 6.07) is 12.6. The molecule has 0 fully saturated rings. The molecule has 1 aliphatic heterocycles. The van der Waals surface area contributed by atoms with Gasteiger partial charge in [0.25, 0.3) is 5.56 Å². The molecule has 0 bridgehead atoms. The van der Waals surface area contributed by atoms with Crippen LogP contribution in [0.1, 0.15) is 35.8 Å². The molecule has 180 valence electrons. The molecular weight excluding hydrogens is 470 g/mol. The summed E-state index contributed by atoms with van der Waals surface area (Å²) >= 11 is 1.19. The van der Waals surface area contributed by atoms with Crippen LogP contribution >= 0.6 is 11.3 Å². The van der Waals surface area contributed by atoms with Crippen LogP contribution in [0.4, 0.5) is 5.69 Å². The standard InChI is InChI=1S/C25H23N3O6S/c1-4-34-24(32)20-14(2)27-25-28(21(20)15-7-11-18(33-3)12-8-15)22(29)19(35-25)13-26-17-9-5-16(6-10-17)23(30)31/h5-13,21,26H,4H2,1-3H3,(H,30,31)/b19-13-/t21-/m0/s1. The number of benzene rings is 2. The number of allylic oxidation sites excluding steroid dienone is 1. The van der Waals surface area contributed by atoms with Gasteiger partial charge in [-0.05, 0) is 55.8 Å². The second-order valence-electron chi connectivity index (χ2n) is 7.60. The first-order valence-electron chi connectivity index (χ1n) is 10.8. The lowest BCUT2D eigenvalue weighted by molar-refractivity contribution is -0.139. The van der Waals surface area contributed by atoms with Crippen molar-refractivity contribution in [3.63, 3.8) is 0 Å². The third kappa shape index (κ3) is 4.73. The third-order valence-corrected chi connectivity index (χ3v) is 6.43. The van der Waals surface area contributed by atoms with E-state index in [0.29, 0.717) is 37.6 Å². The Hall–Kier alpha value is -4.18. The number of hydrogen-bond acceptors (Lipinski definition) is 8. The molecule has 0 aliphatic carbocycles. The number of fused-ring (bicyclic) bond motifs is 1. The number of ether oxygens (including phenoxy) is 2. The van der Waals surface area contributed by atoms with E-state index in [-0.39, 0.29) is 17.7 Å². The minimum Gasteiger partial charge on any atom is -0.497 e. The Morgan fingerprint density at radius 3 is 2.46 bits per heavy atom. The minimum absolute atomic E-state index is 0.163. The number of nitrogens with zero attached hydrogens (tertiary/aromatic N) is 2. The maximum absolute atomic E-state index is 13.5. The molecule has 1 atom stereocenters.